The highest BCUT2D eigenvalue weighted by molar-refractivity contribution is 7.88. The Labute approximate surface area is 111 Å². The third-order valence-corrected chi connectivity index (χ3v) is 4.71. The van der Waals surface area contributed by atoms with Gasteiger partial charge in [0, 0.05) is 36.8 Å². The van der Waals surface area contributed by atoms with Gasteiger partial charge in [0.25, 0.3) is 10.0 Å². The highest BCUT2D eigenvalue weighted by Gasteiger charge is 2.30. The molecule has 1 aromatic rings. The SMILES string of the molecule is O=[N+]([O-])CS(=O)(=O)N1CCN(c2ccccc2)CC1. The average Bonchev–Trinajstić information content (AvgIpc) is 2.38. The summed E-state index contributed by atoms with van der Waals surface area (Å²) < 4.78 is 24.6. The van der Waals surface area contributed by atoms with Gasteiger partial charge in [0.1, 0.15) is 0 Å². The molecule has 1 aromatic carbocycles. The summed E-state index contributed by atoms with van der Waals surface area (Å²) in [5.74, 6) is -1.03. The van der Waals surface area contributed by atoms with Crippen LogP contribution in [0.1, 0.15) is 0 Å². The molecular formula is C11H15N3O4S. The van der Waals surface area contributed by atoms with Gasteiger partial charge in [-0.15, -0.1) is 0 Å². The molecule has 2 rings (SSSR count). The summed E-state index contributed by atoms with van der Waals surface area (Å²) in [6, 6.07) is 9.68. The number of nitro groups is 1. The van der Waals surface area contributed by atoms with Gasteiger partial charge < -0.3 is 4.90 Å². The summed E-state index contributed by atoms with van der Waals surface area (Å²) >= 11 is 0. The van der Waals surface area contributed by atoms with E-state index in [0.717, 1.165) is 5.69 Å². The van der Waals surface area contributed by atoms with E-state index in [9.17, 15) is 18.5 Å². The fourth-order valence-electron chi connectivity index (χ4n) is 2.08. The first-order chi connectivity index (χ1) is 8.99. The van der Waals surface area contributed by atoms with Gasteiger partial charge in [0.2, 0.25) is 0 Å². The predicted molar refractivity (Wildman–Crippen MR) is 71.0 cm³/mol. The Hall–Kier alpha value is -1.67. The van der Waals surface area contributed by atoms with Crippen molar-refractivity contribution in [1.82, 2.24) is 4.31 Å². The van der Waals surface area contributed by atoms with Gasteiger partial charge in [0.15, 0.2) is 0 Å². The maximum Gasteiger partial charge on any atom is 0.315 e. The molecule has 0 aliphatic carbocycles. The van der Waals surface area contributed by atoms with E-state index < -0.39 is 20.8 Å². The number of nitrogens with zero attached hydrogens (tertiary/aromatic N) is 3. The van der Waals surface area contributed by atoms with E-state index in [1.165, 1.54) is 4.31 Å². The monoisotopic (exact) mass is 285 g/mol. The Bertz CT molecular complexity index is 538. The maximum atomic E-state index is 11.7. The molecule has 8 heteroatoms. The van der Waals surface area contributed by atoms with Crippen molar-refractivity contribution >= 4 is 15.7 Å². The van der Waals surface area contributed by atoms with Crippen LogP contribution in [-0.2, 0) is 10.0 Å². The molecule has 1 heterocycles. The minimum Gasteiger partial charge on any atom is -0.369 e. The van der Waals surface area contributed by atoms with E-state index in [-0.39, 0.29) is 13.1 Å². The van der Waals surface area contributed by atoms with E-state index in [1.54, 1.807) is 0 Å². The summed E-state index contributed by atoms with van der Waals surface area (Å²) in [6.07, 6.45) is 0. The van der Waals surface area contributed by atoms with Crippen LogP contribution in [0.25, 0.3) is 0 Å². The number of anilines is 1. The van der Waals surface area contributed by atoms with E-state index >= 15 is 0 Å². The standard InChI is InChI=1S/C11H15N3O4S/c15-14(16)10-19(17,18)13-8-6-12(7-9-13)11-4-2-1-3-5-11/h1-5H,6-10H2. The molecule has 1 aliphatic rings. The Kier molecular flexibility index (Phi) is 4.01. The second kappa shape index (κ2) is 5.54. The van der Waals surface area contributed by atoms with Gasteiger partial charge in [-0.1, -0.05) is 18.2 Å². The van der Waals surface area contributed by atoms with Crippen LogP contribution in [0.3, 0.4) is 0 Å². The topological polar surface area (TPSA) is 83.8 Å². The lowest BCUT2D eigenvalue weighted by molar-refractivity contribution is -0.459. The minimum absolute atomic E-state index is 0.283. The molecule has 0 atom stereocenters. The molecule has 0 spiro atoms. The molecule has 0 unspecified atom stereocenters. The van der Waals surface area contributed by atoms with Crippen LogP contribution < -0.4 is 4.90 Å². The summed E-state index contributed by atoms with van der Waals surface area (Å²) in [5.41, 5.74) is 1.04. The van der Waals surface area contributed by atoms with Crippen molar-refractivity contribution in [3.05, 3.63) is 40.4 Å². The average molecular weight is 285 g/mol. The predicted octanol–water partition coefficient (Wildman–Crippen LogP) is 0.373. The molecule has 0 radical (unpaired) electrons. The molecule has 0 aromatic heterocycles. The van der Waals surface area contributed by atoms with Gasteiger partial charge in [-0.2, -0.15) is 4.31 Å². The number of rotatable bonds is 4. The summed E-state index contributed by atoms with van der Waals surface area (Å²) in [5, 5.41) is 10.3. The van der Waals surface area contributed by atoms with Crippen molar-refractivity contribution < 1.29 is 13.3 Å². The summed E-state index contributed by atoms with van der Waals surface area (Å²) in [7, 11) is -3.78. The third kappa shape index (κ3) is 3.42. The molecule has 1 saturated heterocycles. The zero-order valence-electron chi connectivity index (χ0n) is 10.3. The van der Waals surface area contributed by atoms with Crippen LogP contribution in [0.2, 0.25) is 0 Å². The Morgan fingerprint density at radius 1 is 1.11 bits per heavy atom. The maximum absolute atomic E-state index is 11.7. The van der Waals surface area contributed by atoms with E-state index in [2.05, 4.69) is 4.90 Å². The molecule has 0 N–H and O–H groups in total. The molecule has 0 amide bonds. The lowest BCUT2D eigenvalue weighted by Gasteiger charge is -2.34. The van der Waals surface area contributed by atoms with Crippen LogP contribution in [0.4, 0.5) is 5.69 Å². The Balaban J connectivity index is 1.98. The number of hydrogen-bond donors (Lipinski definition) is 0. The summed E-state index contributed by atoms with van der Waals surface area (Å²) in [4.78, 5) is 11.6. The smallest absolute Gasteiger partial charge is 0.315 e. The van der Waals surface area contributed by atoms with Gasteiger partial charge in [-0.25, -0.2) is 8.42 Å². The van der Waals surface area contributed by atoms with Crippen molar-refractivity contribution in [2.24, 2.45) is 0 Å². The quantitative estimate of drug-likeness (QED) is 0.589. The number of hydrogen-bond acceptors (Lipinski definition) is 5. The molecular weight excluding hydrogens is 270 g/mol. The van der Waals surface area contributed by atoms with Crippen molar-refractivity contribution in [3.63, 3.8) is 0 Å². The highest BCUT2D eigenvalue weighted by atomic mass is 32.2. The van der Waals surface area contributed by atoms with Crippen LogP contribution in [0.15, 0.2) is 30.3 Å². The molecule has 0 saturated carbocycles. The number of piperazine rings is 1. The minimum atomic E-state index is -3.78. The fourth-order valence-corrected chi connectivity index (χ4v) is 3.23. The van der Waals surface area contributed by atoms with Gasteiger partial charge in [-0.05, 0) is 12.1 Å². The zero-order valence-corrected chi connectivity index (χ0v) is 11.1. The van der Waals surface area contributed by atoms with Gasteiger partial charge in [-0.3, -0.25) is 10.1 Å². The fraction of sp³-hybridized carbons (Fsp3) is 0.455. The summed E-state index contributed by atoms with van der Waals surface area (Å²) in [6.45, 7) is 1.65. The van der Waals surface area contributed by atoms with Crippen molar-refractivity contribution in [2.75, 3.05) is 37.0 Å². The first kappa shape index (κ1) is 13.8. The van der Waals surface area contributed by atoms with Crippen molar-refractivity contribution in [2.45, 2.75) is 0 Å². The lowest BCUT2D eigenvalue weighted by atomic mass is 10.2. The molecule has 19 heavy (non-hydrogen) atoms. The van der Waals surface area contributed by atoms with Gasteiger partial charge in [0.05, 0.1) is 0 Å². The Morgan fingerprint density at radius 2 is 1.68 bits per heavy atom. The highest BCUT2D eigenvalue weighted by Crippen LogP contribution is 2.17. The van der Waals surface area contributed by atoms with Crippen molar-refractivity contribution in [3.8, 4) is 0 Å². The van der Waals surface area contributed by atoms with Crippen LogP contribution in [0.5, 0.6) is 0 Å². The lowest BCUT2D eigenvalue weighted by Crippen LogP contribution is -2.49. The normalized spacial score (nSPS) is 17.4. The molecule has 0 bridgehead atoms. The van der Waals surface area contributed by atoms with E-state index in [0.29, 0.717) is 13.1 Å². The molecule has 1 fully saturated rings. The number of para-hydroxylation sites is 1. The Morgan fingerprint density at radius 3 is 2.21 bits per heavy atom. The molecule has 104 valence electrons. The second-order valence-corrected chi connectivity index (χ2v) is 6.23. The van der Waals surface area contributed by atoms with Crippen molar-refractivity contribution in [1.29, 1.82) is 0 Å². The van der Waals surface area contributed by atoms with Gasteiger partial charge >= 0.3 is 5.88 Å². The third-order valence-electron chi connectivity index (χ3n) is 3.02. The van der Waals surface area contributed by atoms with Crippen LogP contribution in [-0.4, -0.2) is 49.7 Å². The zero-order chi connectivity index (χ0) is 13.9. The first-order valence-electron chi connectivity index (χ1n) is 5.89. The van der Waals surface area contributed by atoms with Crippen LogP contribution in [0, 0.1) is 10.1 Å². The molecule has 1 aliphatic heterocycles. The van der Waals surface area contributed by atoms with E-state index in [4.69, 9.17) is 0 Å². The van der Waals surface area contributed by atoms with Crippen LogP contribution >= 0.6 is 0 Å². The largest absolute Gasteiger partial charge is 0.369 e. The van der Waals surface area contributed by atoms with E-state index in [1.807, 2.05) is 30.3 Å². The number of benzene rings is 1. The number of sulfonamides is 1. The first-order valence-corrected chi connectivity index (χ1v) is 7.49. The molecule has 7 nitrogen and oxygen atoms in total. The second-order valence-electron chi connectivity index (χ2n) is 4.30.